The SMILES string of the molecule is CC#N.CCC(CCc1ccc(C2CCCCC2F)cc1)N(CC)Cc1ccccc1. The molecule has 1 aliphatic carbocycles. The number of halogens is 1. The minimum Gasteiger partial charge on any atom is -0.296 e. The fraction of sp³-hybridized carbons (Fsp3) is 0.536. The molecule has 2 aromatic rings. The Bertz CT molecular complexity index is 766. The summed E-state index contributed by atoms with van der Waals surface area (Å²) in [6.07, 6.45) is 6.73. The molecule has 3 heteroatoms. The number of rotatable bonds is 9. The average molecular weight is 423 g/mol. The lowest BCUT2D eigenvalue weighted by molar-refractivity contribution is 0.182. The Morgan fingerprint density at radius 2 is 1.65 bits per heavy atom. The maximum absolute atomic E-state index is 14.2. The Labute approximate surface area is 189 Å². The van der Waals surface area contributed by atoms with Crippen molar-refractivity contribution in [2.75, 3.05) is 6.54 Å². The third-order valence-corrected chi connectivity index (χ3v) is 6.48. The highest BCUT2D eigenvalue weighted by molar-refractivity contribution is 5.27. The molecule has 2 nitrogen and oxygen atoms in total. The monoisotopic (exact) mass is 422 g/mol. The molecule has 0 bridgehead atoms. The summed E-state index contributed by atoms with van der Waals surface area (Å²) in [4.78, 5) is 2.60. The number of hydrogen-bond acceptors (Lipinski definition) is 2. The van der Waals surface area contributed by atoms with Gasteiger partial charge < -0.3 is 0 Å². The van der Waals surface area contributed by atoms with Crippen molar-refractivity contribution in [1.82, 2.24) is 4.90 Å². The fourth-order valence-corrected chi connectivity index (χ4v) is 4.69. The van der Waals surface area contributed by atoms with Crippen LogP contribution >= 0.6 is 0 Å². The summed E-state index contributed by atoms with van der Waals surface area (Å²) in [5, 5.41) is 7.32. The second kappa shape index (κ2) is 14.0. The Morgan fingerprint density at radius 3 is 2.23 bits per heavy atom. The molecule has 0 heterocycles. The Balaban J connectivity index is 0.00000107. The molecule has 0 N–H and O–H groups in total. The topological polar surface area (TPSA) is 27.0 Å². The summed E-state index contributed by atoms with van der Waals surface area (Å²) in [6.45, 7) is 8.09. The molecule has 0 aliphatic heterocycles. The van der Waals surface area contributed by atoms with Crippen LogP contribution < -0.4 is 0 Å². The van der Waals surface area contributed by atoms with Crippen LogP contribution in [0.5, 0.6) is 0 Å². The maximum atomic E-state index is 14.2. The second-order valence-electron chi connectivity index (χ2n) is 8.52. The van der Waals surface area contributed by atoms with Crippen LogP contribution in [0.2, 0.25) is 0 Å². The van der Waals surface area contributed by atoms with Crippen molar-refractivity contribution in [1.29, 1.82) is 5.26 Å². The molecule has 1 saturated carbocycles. The van der Waals surface area contributed by atoms with Gasteiger partial charge in [0.05, 0.1) is 6.07 Å². The molecule has 3 unspecified atom stereocenters. The summed E-state index contributed by atoms with van der Waals surface area (Å²) in [6, 6.07) is 21.9. The first-order valence-corrected chi connectivity index (χ1v) is 11.9. The highest BCUT2D eigenvalue weighted by Crippen LogP contribution is 2.35. The van der Waals surface area contributed by atoms with E-state index in [4.69, 9.17) is 5.26 Å². The van der Waals surface area contributed by atoms with Gasteiger partial charge in [-0.3, -0.25) is 4.90 Å². The molecule has 0 radical (unpaired) electrons. The van der Waals surface area contributed by atoms with Crippen LogP contribution in [0.25, 0.3) is 0 Å². The summed E-state index contributed by atoms with van der Waals surface area (Å²) in [5.41, 5.74) is 3.96. The van der Waals surface area contributed by atoms with E-state index in [1.807, 2.05) is 0 Å². The van der Waals surface area contributed by atoms with Gasteiger partial charge in [0, 0.05) is 25.4 Å². The van der Waals surface area contributed by atoms with Crippen molar-refractivity contribution in [3.8, 4) is 6.07 Å². The van der Waals surface area contributed by atoms with Gasteiger partial charge in [-0.1, -0.05) is 81.3 Å². The standard InChI is InChI=1S/C26H36FN.C2H3N/c1-3-24(28(4-2)20-22-10-6-5-7-11-22)19-16-21-14-17-23(18-15-21)25-12-8-9-13-26(25)27;1-2-3/h5-7,10-11,14-15,17-18,24-26H,3-4,8-9,12-13,16,19-20H2,1-2H3;1H3. The molecule has 1 fully saturated rings. The number of nitrogens with zero attached hydrogens (tertiary/aromatic N) is 2. The van der Waals surface area contributed by atoms with Gasteiger partial charge in [0.25, 0.3) is 0 Å². The summed E-state index contributed by atoms with van der Waals surface area (Å²) >= 11 is 0. The number of alkyl halides is 1. The molecule has 168 valence electrons. The van der Waals surface area contributed by atoms with E-state index in [0.29, 0.717) is 6.04 Å². The lowest BCUT2D eigenvalue weighted by atomic mass is 9.82. The summed E-state index contributed by atoms with van der Waals surface area (Å²) in [5.74, 6) is 0.118. The van der Waals surface area contributed by atoms with Gasteiger partial charge in [-0.25, -0.2) is 4.39 Å². The predicted octanol–water partition coefficient (Wildman–Crippen LogP) is 7.45. The molecule has 0 amide bonds. The van der Waals surface area contributed by atoms with Crippen molar-refractivity contribution in [2.24, 2.45) is 0 Å². The lowest BCUT2D eigenvalue weighted by Gasteiger charge is -2.30. The largest absolute Gasteiger partial charge is 0.296 e. The van der Waals surface area contributed by atoms with E-state index < -0.39 is 6.17 Å². The molecule has 3 atom stereocenters. The summed E-state index contributed by atoms with van der Waals surface area (Å²) < 4.78 is 14.2. The van der Waals surface area contributed by atoms with Crippen LogP contribution in [-0.4, -0.2) is 23.7 Å². The minimum absolute atomic E-state index is 0.118. The molecule has 0 saturated heterocycles. The van der Waals surface area contributed by atoms with E-state index in [1.165, 1.54) is 42.9 Å². The van der Waals surface area contributed by atoms with Crippen LogP contribution in [0.4, 0.5) is 4.39 Å². The van der Waals surface area contributed by atoms with Crippen LogP contribution in [0.1, 0.15) is 81.9 Å². The first-order valence-electron chi connectivity index (χ1n) is 11.9. The van der Waals surface area contributed by atoms with Gasteiger partial charge in [0.1, 0.15) is 6.17 Å². The number of hydrogen-bond donors (Lipinski definition) is 0. The van der Waals surface area contributed by atoms with Crippen molar-refractivity contribution in [3.63, 3.8) is 0 Å². The zero-order valence-electron chi connectivity index (χ0n) is 19.6. The molecule has 0 aromatic heterocycles. The Hall–Kier alpha value is -2.18. The number of aryl methyl sites for hydroxylation is 1. The van der Waals surface area contributed by atoms with Crippen LogP contribution in [0.15, 0.2) is 54.6 Å². The van der Waals surface area contributed by atoms with Gasteiger partial charge in [-0.2, -0.15) is 5.26 Å². The van der Waals surface area contributed by atoms with E-state index in [1.54, 1.807) is 6.07 Å². The van der Waals surface area contributed by atoms with Crippen molar-refractivity contribution in [3.05, 3.63) is 71.3 Å². The maximum Gasteiger partial charge on any atom is 0.107 e. The highest BCUT2D eigenvalue weighted by Gasteiger charge is 2.26. The molecular formula is C28H39FN2. The quantitative estimate of drug-likeness (QED) is 0.420. The normalized spacial score (nSPS) is 19.2. The van der Waals surface area contributed by atoms with Crippen LogP contribution in [0, 0.1) is 11.3 Å². The lowest BCUT2D eigenvalue weighted by Crippen LogP contribution is -2.34. The van der Waals surface area contributed by atoms with Gasteiger partial charge in [-0.05, 0) is 55.3 Å². The highest BCUT2D eigenvalue weighted by atomic mass is 19.1. The van der Waals surface area contributed by atoms with E-state index in [-0.39, 0.29) is 5.92 Å². The predicted molar refractivity (Wildman–Crippen MR) is 129 cm³/mol. The fourth-order valence-electron chi connectivity index (χ4n) is 4.69. The molecule has 2 aromatic carbocycles. The number of benzene rings is 2. The molecular weight excluding hydrogens is 383 g/mol. The average Bonchev–Trinajstić information content (AvgIpc) is 2.80. The summed E-state index contributed by atoms with van der Waals surface area (Å²) in [7, 11) is 0. The first kappa shape index (κ1) is 25.1. The van der Waals surface area contributed by atoms with E-state index in [2.05, 4.69) is 73.3 Å². The third-order valence-electron chi connectivity index (χ3n) is 6.48. The number of nitriles is 1. The van der Waals surface area contributed by atoms with E-state index in [0.717, 1.165) is 38.8 Å². The Morgan fingerprint density at radius 1 is 1.00 bits per heavy atom. The smallest absolute Gasteiger partial charge is 0.107 e. The Kier molecular flexibility index (Phi) is 11.3. The van der Waals surface area contributed by atoms with Gasteiger partial charge in [0.15, 0.2) is 0 Å². The minimum atomic E-state index is -0.653. The van der Waals surface area contributed by atoms with Gasteiger partial charge in [0.2, 0.25) is 0 Å². The zero-order chi connectivity index (χ0) is 22.5. The first-order chi connectivity index (χ1) is 15.1. The zero-order valence-corrected chi connectivity index (χ0v) is 19.6. The molecule has 3 rings (SSSR count). The second-order valence-corrected chi connectivity index (χ2v) is 8.52. The van der Waals surface area contributed by atoms with Crippen molar-refractivity contribution < 1.29 is 4.39 Å². The molecule has 0 spiro atoms. The van der Waals surface area contributed by atoms with Crippen LogP contribution in [0.3, 0.4) is 0 Å². The van der Waals surface area contributed by atoms with E-state index >= 15 is 0 Å². The van der Waals surface area contributed by atoms with Crippen LogP contribution in [-0.2, 0) is 13.0 Å². The third kappa shape index (κ3) is 8.11. The molecule has 31 heavy (non-hydrogen) atoms. The van der Waals surface area contributed by atoms with Crippen molar-refractivity contribution >= 4 is 0 Å². The molecule has 1 aliphatic rings. The van der Waals surface area contributed by atoms with Gasteiger partial charge in [-0.15, -0.1) is 0 Å². The van der Waals surface area contributed by atoms with E-state index in [9.17, 15) is 4.39 Å². The van der Waals surface area contributed by atoms with Crippen molar-refractivity contribution in [2.45, 2.75) is 90.4 Å². The van der Waals surface area contributed by atoms with Gasteiger partial charge >= 0.3 is 0 Å².